The fourth-order valence-electron chi connectivity index (χ4n) is 13.0. The summed E-state index contributed by atoms with van der Waals surface area (Å²) < 4.78 is 116. The number of rotatable bonds is 24. The highest BCUT2D eigenvalue weighted by molar-refractivity contribution is 6.08. The number of hydrogen-bond acceptors (Lipinski definition) is 25. The normalized spacial score (nSPS) is 10.0. The summed E-state index contributed by atoms with van der Waals surface area (Å²) in [6.07, 6.45) is 41.5. The van der Waals surface area contributed by atoms with E-state index in [9.17, 15) is 60.4 Å². The summed E-state index contributed by atoms with van der Waals surface area (Å²) in [5, 5.41) is 25.0. The largest absolute Gasteiger partial charge is 0.454 e. The Morgan fingerprint density at radius 1 is 0.255 bits per heavy atom. The Kier molecular flexibility index (Phi) is 37.1. The summed E-state index contributed by atoms with van der Waals surface area (Å²) in [7, 11) is 0. The van der Waals surface area contributed by atoms with Crippen molar-refractivity contribution in [1.82, 2.24) is 59.8 Å². The van der Waals surface area contributed by atoms with Gasteiger partial charge in [0.05, 0.1) is 103 Å². The first-order valence-corrected chi connectivity index (χ1v) is 43.8. The lowest BCUT2D eigenvalue weighted by molar-refractivity contribution is 0.101. The van der Waals surface area contributed by atoms with Gasteiger partial charge < -0.3 is 60.3 Å². The van der Waals surface area contributed by atoms with Crippen LogP contribution in [0.25, 0.3) is 0 Å². The average molecular weight is 1990 g/mol. The van der Waals surface area contributed by atoms with Crippen molar-refractivity contribution in [3.63, 3.8) is 0 Å². The standard InChI is InChI=1S/2C19H11F2N3O2.C19H12FN3O2.C19H14N4O2.C18H14FN3O2.C18H15N3O2/c1-2-12-3-4-18(21)17(5-12)19(25)24-14-6-13(20)7-15(8-14)26-16-9-22-11-23-10-16;1-2-12-4-3-5-17(18(12)21)19(25)24-14-6-13(20)7-15(8-14)26-16-9-22-11-23-10-16;1-2-13-4-3-5-14(6-13)19(24)23-16-7-15(20)8-17(9-16)25-18-10-21-12-22-11-18;1-13-3-2-4-15(5-13)19(24)23-16-6-14(9-20)7-17(8-16)25-18-10-21-12-22-11-18;1-12-3-2-4-13(5-12)18(23)22-15-6-14(19)7-16(8-15)24-17-9-20-11-21-10-17;1-13-4-2-5-14(8-13)18(22)21-15-6-3-7-16(9-15)23-17-10-19-12-20-11-17/h2*1,3-11H,(H,24,25);1,3-12H,(H,23,24);2-8,10-12H,1H3,(H,23,24);2-11H,1H3,(H,22,23);2-12H,1H3,(H,21,22). The van der Waals surface area contributed by atoms with Crippen molar-refractivity contribution in [2.45, 2.75) is 20.8 Å². The van der Waals surface area contributed by atoms with Gasteiger partial charge >= 0.3 is 0 Å². The highest BCUT2D eigenvalue weighted by atomic mass is 19.1. The molecule has 0 aliphatic heterocycles. The van der Waals surface area contributed by atoms with Gasteiger partial charge in [0.15, 0.2) is 40.3 Å². The number of nitrogens with zero attached hydrogens (tertiary/aromatic N) is 13. The fraction of sp³-hybridized carbons (Fsp3) is 0.0268. The van der Waals surface area contributed by atoms with E-state index in [-0.39, 0.29) is 74.5 Å². The summed E-state index contributed by atoms with van der Waals surface area (Å²) in [6.45, 7) is 5.76. The number of nitriles is 1. The molecule has 0 atom stereocenters. The molecule has 149 heavy (non-hydrogen) atoms. The van der Waals surface area contributed by atoms with Crippen LogP contribution in [0, 0.1) is 104 Å². The van der Waals surface area contributed by atoms with Crippen LogP contribution in [0.4, 0.5) is 60.5 Å². The van der Waals surface area contributed by atoms with E-state index in [1.165, 1.54) is 179 Å². The first-order valence-electron chi connectivity index (χ1n) is 43.8. The zero-order valence-corrected chi connectivity index (χ0v) is 78.3. The van der Waals surface area contributed by atoms with E-state index in [0.717, 1.165) is 47.0 Å². The van der Waals surface area contributed by atoms with E-state index in [4.69, 9.17) is 47.7 Å². The highest BCUT2D eigenvalue weighted by Gasteiger charge is 2.21. The summed E-state index contributed by atoms with van der Waals surface area (Å²) in [6, 6.07) is 65.3. The molecule has 18 rings (SSSR count). The zero-order chi connectivity index (χ0) is 105. The van der Waals surface area contributed by atoms with Crippen molar-refractivity contribution in [2.24, 2.45) is 0 Å². The topological polar surface area (TPSA) is 408 Å². The van der Waals surface area contributed by atoms with Gasteiger partial charge in [0.2, 0.25) is 0 Å². The third kappa shape index (κ3) is 33.1. The number of anilines is 6. The molecular weight excluding hydrogens is 1920 g/mol. The molecule has 0 bridgehead atoms. The average Bonchev–Trinajstić information content (AvgIpc) is 0.835. The van der Waals surface area contributed by atoms with Crippen molar-refractivity contribution in [1.29, 1.82) is 5.26 Å². The van der Waals surface area contributed by atoms with E-state index < -0.39 is 52.6 Å². The lowest BCUT2D eigenvalue weighted by Crippen LogP contribution is -2.14. The third-order valence-corrected chi connectivity index (χ3v) is 19.4. The van der Waals surface area contributed by atoms with Crippen molar-refractivity contribution >= 4 is 69.6 Å². The molecule has 37 heteroatoms. The van der Waals surface area contributed by atoms with Crippen LogP contribution in [0.2, 0.25) is 0 Å². The van der Waals surface area contributed by atoms with E-state index in [1.54, 1.807) is 103 Å². The van der Waals surface area contributed by atoms with Gasteiger partial charge in [-0.15, -0.1) is 19.3 Å². The second-order valence-corrected chi connectivity index (χ2v) is 30.9. The van der Waals surface area contributed by atoms with Gasteiger partial charge in [0, 0.05) is 128 Å². The number of amides is 6. The minimum atomic E-state index is -0.818. The van der Waals surface area contributed by atoms with Crippen LogP contribution < -0.4 is 60.3 Å². The van der Waals surface area contributed by atoms with E-state index in [1.807, 2.05) is 69.3 Å². The Hall–Kier alpha value is -21.5. The number of carbonyl (C=O) groups excluding carboxylic acids is 6. The maximum absolute atomic E-state index is 14.2. The molecule has 6 N–H and O–H groups in total. The molecule has 0 fully saturated rings. The summed E-state index contributed by atoms with van der Waals surface area (Å²) in [5.41, 5.74) is 7.67. The number of terminal acetylenes is 3. The minimum absolute atomic E-state index is 0.0370. The maximum Gasteiger partial charge on any atom is 0.258 e. The Morgan fingerprint density at radius 3 is 0.886 bits per heavy atom. The number of aryl methyl sites for hydroxylation is 3. The number of halogens is 6. The SMILES string of the molecule is C#Cc1ccc(F)c(C(=O)Nc2cc(F)cc(Oc3cncnc3)c2)c1.C#Cc1cccc(C(=O)Nc2cc(F)cc(Oc3cncnc3)c2)c1.C#Cc1cccc(C(=O)Nc2cc(F)cc(Oc3cncnc3)c2)c1F.Cc1cccc(C(=O)Nc2cc(C#N)cc(Oc3cncnc3)c2)c1.Cc1cccc(C(=O)Nc2cc(F)cc(Oc3cncnc3)c2)c1.Cc1cccc(C(=O)Nc2cccc(Oc3cncnc3)c2)c1. The predicted molar refractivity (Wildman–Crippen MR) is 540 cm³/mol. The van der Waals surface area contributed by atoms with Gasteiger partial charge in [0.1, 0.15) is 102 Å². The molecule has 6 aromatic heterocycles. The molecule has 0 spiro atoms. The maximum atomic E-state index is 14.2. The van der Waals surface area contributed by atoms with E-state index in [0.29, 0.717) is 102 Å². The summed E-state index contributed by atoms with van der Waals surface area (Å²) in [5.74, 6) is 4.32. The van der Waals surface area contributed by atoms with Crippen molar-refractivity contribution in [3.8, 4) is 112 Å². The van der Waals surface area contributed by atoms with Crippen LogP contribution in [0.3, 0.4) is 0 Å². The Labute approximate surface area is 846 Å². The molecule has 0 radical (unpaired) electrons. The summed E-state index contributed by atoms with van der Waals surface area (Å²) >= 11 is 0. The second kappa shape index (κ2) is 52.7. The Morgan fingerprint density at radius 2 is 0.544 bits per heavy atom. The Bertz CT molecular complexity index is 7900. The molecule has 31 nitrogen and oxygen atoms in total. The molecule has 6 heterocycles. The quantitative estimate of drug-likeness (QED) is 0.0242. The van der Waals surface area contributed by atoms with Gasteiger partial charge in [-0.05, 0) is 154 Å². The first kappa shape index (κ1) is 105. The number of carbonyl (C=O) groups is 6. The van der Waals surface area contributed by atoms with Crippen molar-refractivity contribution in [2.75, 3.05) is 31.9 Å². The van der Waals surface area contributed by atoms with Gasteiger partial charge in [-0.1, -0.05) is 89.0 Å². The van der Waals surface area contributed by atoms with Crippen molar-refractivity contribution < 1.29 is 83.5 Å². The first-order chi connectivity index (χ1) is 72.2. The van der Waals surface area contributed by atoms with Gasteiger partial charge in [-0.3, -0.25) is 28.8 Å². The predicted octanol–water partition coefficient (Wildman–Crippen LogP) is 22.7. The van der Waals surface area contributed by atoms with Gasteiger partial charge in [-0.25, -0.2) is 86.2 Å². The second-order valence-electron chi connectivity index (χ2n) is 30.9. The van der Waals surface area contributed by atoms with E-state index in [2.05, 4.69) is 116 Å². The van der Waals surface area contributed by atoms with E-state index >= 15 is 0 Å². The molecule has 0 saturated carbocycles. The third-order valence-electron chi connectivity index (χ3n) is 19.4. The van der Waals surface area contributed by atoms with Crippen LogP contribution in [0.1, 0.15) is 101 Å². The number of nitrogens with one attached hydrogen (secondary N) is 6. The molecule has 6 amide bonds. The molecule has 0 unspecified atom stereocenters. The smallest absolute Gasteiger partial charge is 0.258 e. The molecule has 0 aliphatic rings. The van der Waals surface area contributed by atoms with Gasteiger partial charge in [0.25, 0.3) is 35.4 Å². The fourth-order valence-corrected chi connectivity index (χ4v) is 13.0. The number of hydrogen-bond donors (Lipinski definition) is 6. The van der Waals surface area contributed by atoms with Crippen molar-refractivity contribution in [3.05, 3.63) is 468 Å². The van der Waals surface area contributed by atoms with Crippen LogP contribution in [0.5, 0.6) is 69.0 Å². The summed E-state index contributed by atoms with van der Waals surface area (Å²) in [4.78, 5) is 120. The zero-order valence-electron chi connectivity index (χ0n) is 78.3. The number of aromatic nitrogens is 12. The molecule has 0 saturated heterocycles. The number of ether oxygens (including phenoxy) is 6. The van der Waals surface area contributed by atoms with Crippen LogP contribution in [-0.4, -0.2) is 95.3 Å². The monoisotopic (exact) mass is 1990 g/mol. The molecule has 734 valence electrons. The van der Waals surface area contributed by atoms with Crippen LogP contribution >= 0.6 is 0 Å². The molecular formula is C112H77F6N19O12. The molecule has 0 aliphatic carbocycles. The molecule has 18 aromatic rings. The molecule has 12 aromatic carbocycles. The Balaban J connectivity index is 0.000000149. The van der Waals surface area contributed by atoms with Gasteiger partial charge in [-0.2, -0.15) is 5.26 Å². The lowest BCUT2D eigenvalue weighted by atomic mass is 10.1. The van der Waals surface area contributed by atoms with Crippen LogP contribution in [0.15, 0.2) is 361 Å². The number of benzene rings is 12. The lowest BCUT2D eigenvalue weighted by Gasteiger charge is -2.10. The minimum Gasteiger partial charge on any atom is -0.454 e. The van der Waals surface area contributed by atoms with Crippen LogP contribution in [-0.2, 0) is 0 Å². The highest BCUT2D eigenvalue weighted by Crippen LogP contribution is 2.34.